The van der Waals surface area contributed by atoms with Gasteiger partial charge in [-0.2, -0.15) is 0 Å². The lowest BCUT2D eigenvalue weighted by atomic mass is 10.1. The molecule has 122 valence electrons. The van der Waals surface area contributed by atoms with Gasteiger partial charge in [0.1, 0.15) is 5.75 Å². The van der Waals surface area contributed by atoms with Gasteiger partial charge in [-0.25, -0.2) is 0 Å². The van der Waals surface area contributed by atoms with E-state index in [2.05, 4.69) is 26.2 Å². The molecule has 24 heavy (non-hydrogen) atoms. The molecule has 0 atom stereocenters. The Labute approximate surface area is 149 Å². The molecule has 0 saturated heterocycles. The highest BCUT2D eigenvalue weighted by Gasteiger charge is 2.09. The SMILES string of the molecule is Cc1cc(OCC(=O)Nc2ccc(Br)cc2)c2cccc(C)c2n1. The van der Waals surface area contributed by atoms with Gasteiger partial charge in [0, 0.05) is 27.3 Å². The summed E-state index contributed by atoms with van der Waals surface area (Å²) in [6.45, 7) is 3.88. The van der Waals surface area contributed by atoms with E-state index in [0.717, 1.165) is 32.3 Å². The van der Waals surface area contributed by atoms with E-state index in [1.54, 1.807) is 0 Å². The Hall–Kier alpha value is -2.40. The summed E-state index contributed by atoms with van der Waals surface area (Å²) in [6.07, 6.45) is 0. The standard InChI is InChI=1S/C19H17BrN2O2/c1-12-4-3-5-16-17(10-13(2)21-19(12)16)24-11-18(23)22-15-8-6-14(20)7-9-15/h3-10H,11H2,1-2H3,(H,22,23). The largest absolute Gasteiger partial charge is 0.483 e. The molecule has 0 fully saturated rings. The summed E-state index contributed by atoms with van der Waals surface area (Å²) in [5.41, 5.74) is 3.58. The van der Waals surface area contributed by atoms with Gasteiger partial charge in [0.05, 0.1) is 5.52 Å². The average Bonchev–Trinajstić information content (AvgIpc) is 2.56. The number of hydrogen-bond donors (Lipinski definition) is 1. The number of fused-ring (bicyclic) bond motifs is 1. The quantitative estimate of drug-likeness (QED) is 0.713. The molecule has 0 radical (unpaired) electrons. The molecule has 0 aliphatic carbocycles. The maximum atomic E-state index is 12.1. The van der Waals surface area contributed by atoms with Crippen LogP contribution in [0.15, 0.2) is 53.0 Å². The second kappa shape index (κ2) is 7.01. The van der Waals surface area contributed by atoms with Gasteiger partial charge in [0.2, 0.25) is 0 Å². The van der Waals surface area contributed by atoms with Crippen LogP contribution in [0.4, 0.5) is 5.69 Å². The molecular weight excluding hydrogens is 368 g/mol. The minimum absolute atomic E-state index is 0.0530. The molecule has 0 saturated carbocycles. The number of aryl methyl sites for hydroxylation is 2. The summed E-state index contributed by atoms with van der Waals surface area (Å²) >= 11 is 3.37. The van der Waals surface area contributed by atoms with Crippen LogP contribution in [0.5, 0.6) is 5.75 Å². The number of hydrogen-bond acceptors (Lipinski definition) is 3. The monoisotopic (exact) mass is 384 g/mol. The van der Waals surface area contributed by atoms with Crippen molar-refractivity contribution in [3.63, 3.8) is 0 Å². The van der Waals surface area contributed by atoms with Crippen LogP contribution in [0.2, 0.25) is 0 Å². The molecule has 0 aliphatic rings. The number of aromatic nitrogens is 1. The zero-order valence-corrected chi connectivity index (χ0v) is 15.1. The van der Waals surface area contributed by atoms with E-state index in [4.69, 9.17) is 4.74 Å². The molecule has 0 aliphatic heterocycles. The number of pyridine rings is 1. The third-order valence-electron chi connectivity index (χ3n) is 3.62. The molecule has 5 heteroatoms. The van der Waals surface area contributed by atoms with Gasteiger partial charge in [0.25, 0.3) is 5.91 Å². The zero-order valence-electron chi connectivity index (χ0n) is 13.5. The van der Waals surface area contributed by atoms with Crippen LogP contribution in [-0.4, -0.2) is 17.5 Å². The molecule has 0 spiro atoms. The number of nitrogens with one attached hydrogen (secondary N) is 1. The molecular formula is C19H17BrN2O2. The fraction of sp³-hybridized carbons (Fsp3) is 0.158. The Bertz CT molecular complexity index is 892. The lowest BCUT2D eigenvalue weighted by Gasteiger charge is -2.11. The Kier molecular flexibility index (Phi) is 4.81. The summed E-state index contributed by atoms with van der Waals surface area (Å²) in [7, 11) is 0. The summed E-state index contributed by atoms with van der Waals surface area (Å²) in [4.78, 5) is 16.6. The van der Waals surface area contributed by atoms with E-state index in [1.807, 2.05) is 62.4 Å². The number of carbonyl (C=O) groups is 1. The van der Waals surface area contributed by atoms with E-state index in [0.29, 0.717) is 5.75 Å². The first kappa shape index (κ1) is 16.5. The molecule has 1 amide bonds. The van der Waals surface area contributed by atoms with Crippen LogP contribution >= 0.6 is 15.9 Å². The molecule has 0 unspecified atom stereocenters. The third kappa shape index (κ3) is 3.74. The maximum Gasteiger partial charge on any atom is 0.262 e. The van der Waals surface area contributed by atoms with E-state index in [9.17, 15) is 4.79 Å². The normalized spacial score (nSPS) is 10.6. The zero-order chi connectivity index (χ0) is 17.1. The van der Waals surface area contributed by atoms with Gasteiger partial charge in [-0.1, -0.05) is 28.1 Å². The van der Waals surface area contributed by atoms with E-state index < -0.39 is 0 Å². The molecule has 3 aromatic rings. The topological polar surface area (TPSA) is 51.2 Å². The summed E-state index contributed by atoms with van der Waals surface area (Å²) in [5.74, 6) is 0.472. The first-order valence-electron chi connectivity index (χ1n) is 7.58. The van der Waals surface area contributed by atoms with Crippen molar-refractivity contribution in [3.05, 3.63) is 64.3 Å². The molecule has 1 N–H and O–H groups in total. The molecule has 4 nitrogen and oxygen atoms in total. The summed E-state index contributed by atoms with van der Waals surface area (Å²) in [5, 5.41) is 3.73. The van der Waals surface area contributed by atoms with E-state index in [-0.39, 0.29) is 12.5 Å². The van der Waals surface area contributed by atoms with Gasteiger partial charge in [-0.05, 0) is 49.7 Å². The number of benzene rings is 2. The number of halogens is 1. The lowest BCUT2D eigenvalue weighted by molar-refractivity contribution is -0.118. The van der Waals surface area contributed by atoms with Crippen molar-refractivity contribution in [1.82, 2.24) is 4.98 Å². The number of anilines is 1. The fourth-order valence-electron chi connectivity index (χ4n) is 2.48. The first-order chi connectivity index (χ1) is 11.5. The van der Waals surface area contributed by atoms with E-state index >= 15 is 0 Å². The fourth-order valence-corrected chi connectivity index (χ4v) is 2.74. The van der Waals surface area contributed by atoms with Crippen molar-refractivity contribution in [1.29, 1.82) is 0 Å². The Morgan fingerprint density at radius 1 is 1.17 bits per heavy atom. The van der Waals surface area contributed by atoms with Crippen molar-refractivity contribution >= 4 is 38.4 Å². The van der Waals surface area contributed by atoms with Crippen molar-refractivity contribution in [2.24, 2.45) is 0 Å². The smallest absolute Gasteiger partial charge is 0.262 e. The highest BCUT2D eigenvalue weighted by Crippen LogP contribution is 2.27. The highest BCUT2D eigenvalue weighted by atomic mass is 79.9. The van der Waals surface area contributed by atoms with E-state index in [1.165, 1.54) is 0 Å². The van der Waals surface area contributed by atoms with Crippen molar-refractivity contribution in [2.45, 2.75) is 13.8 Å². The summed E-state index contributed by atoms with van der Waals surface area (Å²) in [6, 6.07) is 15.2. The minimum atomic E-state index is -0.201. The van der Waals surface area contributed by atoms with Gasteiger partial charge in [0.15, 0.2) is 6.61 Å². The third-order valence-corrected chi connectivity index (χ3v) is 4.15. The number of carbonyl (C=O) groups excluding carboxylic acids is 1. The number of para-hydroxylation sites is 1. The molecule has 3 rings (SSSR count). The highest BCUT2D eigenvalue weighted by molar-refractivity contribution is 9.10. The van der Waals surface area contributed by atoms with Crippen LogP contribution in [0.1, 0.15) is 11.3 Å². The van der Waals surface area contributed by atoms with Gasteiger partial charge >= 0.3 is 0 Å². The first-order valence-corrected chi connectivity index (χ1v) is 8.37. The van der Waals surface area contributed by atoms with Crippen LogP contribution in [-0.2, 0) is 4.79 Å². The minimum Gasteiger partial charge on any atom is -0.483 e. The van der Waals surface area contributed by atoms with Crippen LogP contribution < -0.4 is 10.1 Å². The van der Waals surface area contributed by atoms with Gasteiger partial charge in [-0.3, -0.25) is 9.78 Å². The van der Waals surface area contributed by atoms with Crippen molar-refractivity contribution < 1.29 is 9.53 Å². The number of ether oxygens (including phenoxy) is 1. The maximum absolute atomic E-state index is 12.1. The molecule has 2 aromatic carbocycles. The number of nitrogens with zero attached hydrogens (tertiary/aromatic N) is 1. The van der Waals surface area contributed by atoms with Crippen LogP contribution in [0.25, 0.3) is 10.9 Å². The second-order valence-electron chi connectivity index (χ2n) is 5.58. The lowest BCUT2D eigenvalue weighted by Crippen LogP contribution is -2.20. The average molecular weight is 385 g/mol. The molecule has 0 bridgehead atoms. The molecule has 1 aromatic heterocycles. The summed E-state index contributed by atoms with van der Waals surface area (Å²) < 4.78 is 6.72. The van der Waals surface area contributed by atoms with Crippen LogP contribution in [0, 0.1) is 13.8 Å². The van der Waals surface area contributed by atoms with Crippen molar-refractivity contribution in [3.8, 4) is 5.75 Å². The predicted molar refractivity (Wildman–Crippen MR) is 99.5 cm³/mol. The van der Waals surface area contributed by atoms with Crippen molar-refractivity contribution in [2.75, 3.05) is 11.9 Å². The Morgan fingerprint density at radius 3 is 2.67 bits per heavy atom. The van der Waals surface area contributed by atoms with Crippen LogP contribution in [0.3, 0.4) is 0 Å². The Morgan fingerprint density at radius 2 is 1.92 bits per heavy atom. The second-order valence-corrected chi connectivity index (χ2v) is 6.49. The number of amides is 1. The Balaban J connectivity index is 1.74. The molecule has 1 heterocycles. The number of rotatable bonds is 4. The van der Waals surface area contributed by atoms with Gasteiger partial charge < -0.3 is 10.1 Å². The predicted octanol–water partition coefficient (Wildman–Crippen LogP) is 4.63. The van der Waals surface area contributed by atoms with Gasteiger partial charge in [-0.15, -0.1) is 0 Å².